The summed E-state index contributed by atoms with van der Waals surface area (Å²) in [7, 11) is 0. The van der Waals surface area contributed by atoms with Crippen molar-refractivity contribution in [1.82, 2.24) is 24.7 Å². The summed E-state index contributed by atoms with van der Waals surface area (Å²) < 4.78 is 21.4. The average Bonchev–Trinajstić information content (AvgIpc) is 3.38. The number of fused-ring (bicyclic) bond motifs is 3. The van der Waals surface area contributed by atoms with Crippen LogP contribution in [-0.2, 0) is 31.7 Å². The number of halogens is 1. The summed E-state index contributed by atoms with van der Waals surface area (Å²) in [5.41, 5.74) is 7.67. The topological polar surface area (TPSA) is 91.7 Å². The lowest BCUT2D eigenvalue weighted by Gasteiger charge is -2.11. The van der Waals surface area contributed by atoms with Gasteiger partial charge in [-0.15, -0.1) is 28.1 Å². The fourth-order valence-corrected chi connectivity index (χ4v) is 6.08. The summed E-state index contributed by atoms with van der Waals surface area (Å²) >= 11 is 3.21. The number of para-hydroxylation sites is 1. The van der Waals surface area contributed by atoms with Crippen molar-refractivity contribution in [2.45, 2.75) is 49.7 Å². The Morgan fingerprint density at radius 2 is 2.06 bits per heavy atom. The molecule has 0 radical (unpaired) electrons. The normalized spacial score (nSPS) is 13.2. The number of benzene rings is 1. The highest BCUT2D eigenvalue weighted by Crippen LogP contribution is 2.38. The quantitative estimate of drug-likeness (QED) is 0.281. The molecule has 170 valence electrons. The zero-order valence-corrected chi connectivity index (χ0v) is 19.6. The van der Waals surface area contributed by atoms with Crippen molar-refractivity contribution in [2.75, 3.05) is 5.73 Å². The average molecular weight is 483 g/mol. The number of rotatable bonds is 8. The van der Waals surface area contributed by atoms with Gasteiger partial charge in [-0.05, 0) is 43.4 Å². The van der Waals surface area contributed by atoms with Crippen LogP contribution in [0.3, 0.4) is 0 Å². The van der Waals surface area contributed by atoms with Gasteiger partial charge in [0.05, 0.1) is 11.1 Å². The molecule has 3 heterocycles. The highest BCUT2D eigenvalue weighted by molar-refractivity contribution is 7.98. The van der Waals surface area contributed by atoms with Crippen LogP contribution in [0.1, 0.15) is 34.9 Å². The minimum Gasteiger partial charge on any atom is -0.483 e. The standard InChI is InChI=1S/C23H23FN6OS2/c1-2-11-30-19(12-31-16-9-5-4-8-15(16)24)28-29-23(30)32-13-18-26-21(25)20-14-7-3-6-10-17(14)33-22(20)27-18/h2,4-5,8-9H,1,3,6-7,10-13H2,(H2,25,26,27). The number of nitrogens with two attached hydrogens (primary N) is 1. The molecule has 0 saturated heterocycles. The molecule has 7 nitrogen and oxygen atoms in total. The van der Waals surface area contributed by atoms with E-state index in [-0.39, 0.29) is 12.4 Å². The van der Waals surface area contributed by atoms with Crippen molar-refractivity contribution >= 4 is 39.1 Å². The first-order valence-electron chi connectivity index (χ1n) is 10.7. The van der Waals surface area contributed by atoms with Crippen LogP contribution >= 0.6 is 23.1 Å². The Balaban J connectivity index is 1.33. The Labute approximate surface area is 198 Å². The Bertz CT molecular complexity index is 1320. The Kier molecular flexibility index (Phi) is 6.28. The van der Waals surface area contributed by atoms with Gasteiger partial charge in [0.1, 0.15) is 23.1 Å². The lowest BCUT2D eigenvalue weighted by molar-refractivity contribution is 0.275. The predicted molar refractivity (Wildman–Crippen MR) is 129 cm³/mol. The summed E-state index contributed by atoms with van der Waals surface area (Å²) in [4.78, 5) is 11.7. The highest BCUT2D eigenvalue weighted by atomic mass is 32.2. The van der Waals surface area contributed by atoms with Crippen LogP contribution in [0.5, 0.6) is 5.75 Å². The maximum absolute atomic E-state index is 13.9. The molecule has 33 heavy (non-hydrogen) atoms. The predicted octanol–water partition coefficient (Wildman–Crippen LogP) is 4.94. The number of aryl methyl sites for hydroxylation is 2. The zero-order chi connectivity index (χ0) is 22.8. The van der Waals surface area contributed by atoms with E-state index in [1.165, 1.54) is 41.1 Å². The van der Waals surface area contributed by atoms with Crippen molar-refractivity contribution in [3.63, 3.8) is 0 Å². The summed E-state index contributed by atoms with van der Waals surface area (Å²) in [5, 5.41) is 10.3. The number of hydrogen-bond donors (Lipinski definition) is 1. The highest BCUT2D eigenvalue weighted by Gasteiger charge is 2.21. The van der Waals surface area contributed by atoms with Crippen LogP contribution in [0.4, 0.5) is 10.2 Å². The monoisotopic (exact) mass is 482 g/mol. The lowest BCUT2D eigenvalue weighted by Crippen LogP contribution is -2.08. The molecule has 5 rings (SSSR count). The summed E-state index contributed by atoms with van der Waals surface area (Å²) in [6.45, 7) is 4.42. The fraction of sp³-hybridized carbons (Fsp3) is 0.304. The van der Waals surface area contributed by atoms with Gasteiger partial charge in [0.2, 0.25) is 0 Å². The van der Waals surface area contributed by atoms with Crippen LogP contribution in [0.2, 0.25) is 0 Å². The van der Waals surface area contributed by atoms with Crippen molar-refractivity contribution < 1.29 is 9.13 Å². The van der Waals surface area contributed by atoms with Crippen LogP contribution in [0, 0.1) is 5.82 Å². The smallest absolute Gasteiger partial charge is 0.192 e. The number of hydrogen-bond acceptors (Lipinski definition) is 8. The molecule has 1 aliphatic carbocycles. The maximum Gasteiger partial charge on any atom is 0.192 e. The molecule has 0 bridgehead atoms. The molecule has 0 atom stereocenters. The number of thiophene rings is 1. The van der Waals surface area contributed by atoms with E-state index in [2.05, 4.69) is 21.8 Å². The van der Waals surface area contributed by atoms with Gasteiger partial charge in [-0.2, -0.15) is 0 Å². The Morgan fingerprint density at radius 1 is 1.21 bits per heavy atom. The van der Waals surface area contributed by atoms with Crippen molar-refractivity contribution in [2.24, 2.45) is 0 Å². The maximum atomic E-state index is 13.9. The lowest BCUT2D eigenvalue weighted by atomic mass is 9.97. The van der Waals surface area contributed by atoms with E-state index in [0.717, 1.165) is 23.1 Å². The van der Waals surface area contributed by atoms with E-state index in [1.807, 2.05) is 4.57 Å². The third kappa shape index (κ3) is 4.45. The molecule has 1 aliphatic rings. The number of aromatic nitrogens is 5. The minimum atomic E-state index is -0.415. The molecule has 0 spiro atoms. The van der Waals surface area contributed by atoms with Gasteiger partial charge >= 0.3 is 0 Å². The van der Waals surface area contributed by atoms with Crippen LogP contribution < -0.4 is 10.5 Å². The molecule has 0 aliphatic heterocycles. The summed E-state index contributed by atoms with van der Waals surface area (Å²) in [6.07, 6.45) is 6.33. The third-order valence-electron chi connectivity index (χ3n) is 5.52. The van der Waals surface area contributed by atoms with Crippen LogP contribution in [0.25, 0.3) is 10.2 Å². The molecule has 0 fully saturated rings. The van der Waals surface area contributed by atoms with E-state index >= 15 is 0 Å². The number of thioether (sulfide) groups is 1. The second-order valence-corrected chi connectivity index (χ2v) is 9.75. The van der Waals surface area contributed by atoms with Gasteiger partial charge in [-0.25, -0.2) is 14.4 Å². The molecular formula is C23H23FN6OS2. The third-order valence-corrected chi connectivity index (χ3v) is 7.67. The largest absolute Gasteiger partial charge is 0.483 e. The second kappa shape index (κ2) is 9.48. The van der Waals surface area contributed by atoms with Crippen LogP contribution in [0.15, 0.2) is 42.1 Å². The first kappa shape index (κ1) is 21.8. The molecule has 1 aromatic carbocycles. The molecule has 10 heteroatoms. The first-order valence-corrected chi connectivity index (χ1v) is 12.5. The summed E-state index contributed by atoms with van der Waals surface area (Å²) in [6, 6.07) is 6.28. The van der Waals surface area contributed by atoms with Crippen molar-refractivity contribution in [3.8, 4) is 5.75 Å². The molecule has 4 aromatic rings. The van der Waals surface area contributed by atoms with E-state index in [1.54, 1.807) is 35.6 Å². The minimum absolute atomic E-state index is 0.0957. The van der Waals surface area contributed by atoms with Gasteiger partial charge in [0.15, 0.2) is 22.5 Å². The number of nitrogens with zero attached hydrogens (tertiary/aromatic N) is 5. The Hall–Kier alpha value is -2.98. The van der Waals surface area contributed by atoms with Crippen molar-refractivity contribution in [1.29, 1.82) is 0 Å². The van der Waals surface area contributed by atoms with Crippen LogP contribution in [-0.4, -0.2) is 24.7 Å². The van der Waals surface area contributed by atoms with Gasteiger partial charge in [-0.1, -0.05) is 30.0 Å². The van der Waals surface area contributed by atoms with Gasteiger partial charge in [0, 0.05) is 11.4 Å². The zero-order valence-electron chi connectivity index (χ0n) is 18.0. The Morgan fingerprint density at radius 3 is 2.91 bits per heavy atom. The van der Waals surface area contributed by atoms with E-state index in [9.17, 15) is 4.39 Å². The summed E-state index contributed by atoms with van der Waals surface area (Å²) in [5.74, 6) is 2.08. The molecule has 0 unspecified atom stereocenters. The van der Waals surface area contributed by atoms with E-state index in [4.69, 9.17) is 15.5 Å². The van der Waals surface area contributed by atoms with Gasteiger partial charge < -0.3 is 10.5 Å². The number of ether oxygens (including phenoxy) is 1. The number of anilines is 1. The molecule has 2 N–H and O–H groups in total. The van der Waals surface area contributed by atoms with E-state index < -0.39 is 5.82 Å². The molecule has 0 amide bonds. The molecule has 3 aromatic heterocycles. The second-order valence-electron chi connectivity index (χ2n) is 7.72. The van der Waals surface area contributed by atoms with Gasteiger partial charge in [0.25, 0.3) is 0 Å². The fourth-order valence-electron chi connectivity index (χ4n) is 3.97. The van der Waals surface area contributed by atoms with E-state index in [0.29, 0.717) is 34.9 Å². The SMILES string of the molecule is C=CCn1c(COc2ccccc2F)nnc1SCc1nc(N)c2c3c(sc2n1)CCCC3. The molecule has 0 saturated carbocycles. The number of nitrogen functional groups attached to an aromatic ring is 1. The first-order chi connectivity index (χ1) is 16.1. The van der Waals surface area contributed by atoms with Crippen molar-refractivity contribution in [3.05, 3.63) is 64.8 Å². The number of allylic oxidation sites excluding steroid dienone is 1. The van der Waals surface area contributed by atoms with Gasteiger partial charge in [-0.3, -0.25) is 4.57 Å². The molecular weight excluding hydrogens is 459 g/mol.